The van der Waals surface area contributed by atoms with E-state index in [4.69, 9.17) is 9.47 Å². The number of ether oxygens (including phenoxy) is 2. The number of rotatable bonds is 5. The highest BCUT2D eigenvalue weighted by Gasteiger charge is 2.06. The number of nitrogens with zero attached hydrogens (tertiary/aromatic N) is 2. The number of hydrogen-bond acceptors (Lipinski definition) is 5. The lowest BCUT2D eigenvalue weighted by molar-refractivity contribution is 0.395. The molecule has 0 saturated heterocycles. The highest BCUT2D eigenvalue weighted by atomic mass is 32.1. The molecule has 3 aromatic rings. The van der Waals surface area contributed by atoms with Crippen LogP contribution in [-0.2, 0) is 6.54 Å². The van der Waals surface area contributed by atoms with E-state index in [0.717, 1.165) is 27.8 Å². The van der Waals surface area contributed by atoms with Crippen LogP contribution in [0, 0.1) is 0 Å². The van der Waals surface area contributed by atoms with Gasteiger partial charge >= 0.3 is 0 Å². The molecule has 0 aliphatic carbocycles. The first-order valence-corrected chi connectivity index (χ1v) is 7.05. The predicted molar refractivity (Wildman–Crippen MR) is 79.9 cm³/mol. The number of nitrogens with one attached hydrogen (secondary N) is 1. The van der Waals surface area contributed by atoms with Gasteiger partial charge in [-0.1, -0.05) is 0 Å². The quantitative estimate of drug-likeness (QED) is 0.784. The Bertz CT molecular complexity index is 692. The summed E-state index contributed by atoms with van der Waals surface area (Å²) in [5.74, 6) is 1.53. The van der Waals surface area contributed by atoms with Crippen molar-refractivity contribution in [3.05, 3.63) is 41.7 Å². The summed E-state index contributed by atoms with van der Waals surface area (Å²) in [5.41, 5.74) is 1.92. The molecule has 2 heterocycles. The molecule has 1 N–H and O–H groups in total. The van der Waals surface area contributed by atoms with E-state index in [-0.39, 0.29) is 0 Å². The van der Waals surface area contributed by atoms with Crippen molar-refractivity contribution in [3.63, 3.8) is 0 Å². The summed E-state index contributed by atoms with van der Waals surface area (Å²) in [6.07, 6.45) is 4.03. The monoisotopic (exact) mass is 289 g/mol. The van der Waals surface area contributed by atoms with Crippen LogP contribution >= 0.6 is 11.3 Å². The van der Waals surface area contributed by atoms with Crippen LogP contribution in [-0.4, -0.2) is 23.6 Å². The second-order valence-corrected chi connectivity index (χ2v) is 5.12. The Labute approximate surface area is 120 Å². The average molecular weight is 289 g/mol. The van der Waals surface area contributed by atoms with E-state index >= 15 is 0 Å². The van der Waals surface area contributed by atoms with E-state index in [2.05, 4.69) is 10.3 Å². The Morgan fingerprint density at radius 1 is 1.30 bits per heavy atom. The van der Waals surface area contributed by atoms with Gasteiger partial charge in [0.05, 0.1) is 32.1 Å². The Balaban J connectivity index is 1.75. The molecule has 0 unspecified atom stereocenters. The summed E-state index contributed by atoms with van der Waals surface area (Å²) < 4.78 is 12.6. The van der Waals surface area contributed by atoms with Crippen molar-refractivity contribution in [2.75, 3.05) is 19.5 Å². The lowest BCUT2D eigenvalue weighted by Crippen LogP contribution is -2.02. The fourth-order valence-electron chi connectivity index (χ4n) is 1.99. The third-order valence-corrected chi connectivity index (χ3v) is 3.78. The molecule has 6 heteroatoms. The molecule has 5 nitrogen and oxygen atoms in total. The molecule has 0 amide bonds. The summed E-state index contributed by atoms with van der Waals surface area (Å²) in [6, 6.07) is 5.70. The summed E-state index contributed by atoms with van der Waals surface area (Å²) in [5, 5.41) is 5.35. The van der Waals surface area contributed by atoms with Crippen molar-refractivity contribution in [2.24, 2.45) is 0 Å². The Kier molecular flexibility index (Phi) is 3.47. The molecule has 20 heavy (non-hydrogen) atoms. The van der Waals surface area contributed by atoms with Gasteiger partial charge in [-0.05, 0) is 12.1 Å². The molecular formula is C14H15N3O2S. The maximum Gasteiger partial charge on any atom is 0.193 e. The molecule has 2 aromatic heterocycles. The van der Waals surface area contributed by atoms with Crippen LogP contribution in [0.1, 0.15) is 5.69 Å². The molecule has 0 atom stereocenters. The number of methoxy groups -OCH3 is 2. The van der Waals surface area contributed by atoms with Gasteiger partial charge in [-0.15, -0.1) is 11.3 Å². The molecule has 104 valence electrons. The lowest BCUT2D eigenvalue weighted by atomic mass is 10.2. The van der Waals surface area contributed by atoms with E-state index < -0.39 is 0 Å². The largest absolute Gasteiger partial charge is 0.497 e. The number of aromatic nitrogens is 2. The van der Waals surface area contributed by atoms with Gasteiger partial charge in [0.25, 0.3) is 0 Å². The minimum atomic E-state index is 0.650. The minimum absolute atomic E-state index is 0.650. The summed E-state index contributed by atoms with van der Waals surface area (Å²) >= 11 is 1.63. The van der Waals surface area contributed by atoms with E-state index in [1.165, 1.54) is 0 Å². The van der Waals surface area contributed by atoms with Crippen LogP contribution in [0.25, 0.3) is 4.96 Å². The lowest BCUT2D eigenvalue weighted by Gasteiger charge is -2.11. The van der Waals surface area contributed by atoms with E-state index in [0.29, 0.717) is 6.54 Å². The van der Waals surface area contributed by atoms with Gasteiger partial charge in [-0.25, -0.2) is 4.98 Å². The molecule has 0 fully saturated rings. The van der Waals surface area contributed by atoms with Crippen molar-refractivity contribution in [1.82, 2.24) is 9.38 Å². The molecule has 0 spiro atoms. The Hall–Kier alpha value is -2.21. The number of benzene rings is 1. The average Bonchev–Trinajstić information content (AvgIpc) is 3.05. The van der Waals surface area contributed by atoms with Crippen LogP contribution < -0.4 is 14.8 Å². The second-order valence-electron chi connectivity index (χ2n) is 4.24. The van der Waals surface area contributed by atoms with Crippen molar-refractivity contribution in [3.8, 4) is 11.5 Å². The van der Waals surface area contributed by atoms with E-state index in [9.17, 15) is 0 Å². The van der Waals surface area contributed by atoms with Crippen LogP contribution in [0.5, 0.6) is 11.5 Å². The zero-order valence-electron chi connectivity index (χ0n) is 11.3. The standard InChI is InChI=1S/C14H15N3O2S/c1-18-11-3-4-12(13(7-11)19-2)15-8-10-9-17-5-6-20-14(17)16-10/h3-7,9,15H,8H2,1-2H3. The molecule has 3 rings (SSSR count). The molecule has 0 aliphatic rings. The van der Waals surface area contributed by atoms with Gasteiger partial charge in [0.1, 0.15) is 11.5 Å². The van der Waals surface area contributed by atoms with Gasteiger partial charge in [0.2, 0.25) is 0 Å². The number of hydrogen-bond donors (Lipinski definition) is 1. The number of imidazole rings is 1. The normalized spacial score (nSPS) is 10.7. The van der Waals surface area contributed by atoms with Gasteiger partial charge in [0, 0.05) is 23.8 Å². The molecule has 0 radical (unpaired) electrons. The maximum absolute atomic E-state index is 5.35. The fraction of sp³-hybridized carbons (Fsp3) is 0.214. The van der Waals surface area contributed by atoms with E-state index in [1.807, 2.05) is 40.4 Å². The van der Waals surface area contributed by atoms with Crippen LogP contribution in [0.2, 0.25) is 0 Å². The Morgan fingerprint density at radius 3 is 2.95 bits per heavy atom. The van der Waals surface area contributed by atoms with Crippen molar-refractivity contribution >= 4 is 22.0 Å². The first-order valence-electron chi connectivity index (χ1n) is 6.17. The van der Waals surface area contributed by atoms with Gasteiger partial charge in [0.15, 0.2) is 4.96 Å². The van der Waals surface area contributed by atoms with Crippen LogP contribution in [0.15, 0.2) is 36.0 Å². The first kappa shape index (κ1) is 12.8. The fourth-order valence-corrected chi connectivity index (χ4v) is 2.71. The summed E-state index contributed by atoms with van der Waals surface area (Å²) in [4.78, 5) is 5.53. The minimum Gasteiger partial charge on any atom is -0.497 e. The highest BCUT2D eigenvalue weighted by molar-refractivity contribution is 7.15. The highest BCUT2D eigenvalue weighted by Crippen LogP contribution is 2.29. The third-order valence-electron chi connectivity index (χ3n) is 3.01. The molecular weight excluding hydrogens is 274 g/mol. The number of anilines is 1. The zero-order chi connectivity index (χ0) is 13.9. The second kappa shape index (κ2) is 5.42. The van der Waals surface area contributed by atoms with Crippen molar-refractivity contribution in [2.45, 2.75) is 6.54 Å². The first-order chi connectivity index (χ1) is 9.80. The van der Waals surface area contributed by atoms with Gasteiger partial charge < -0.3 is 14.8 Å². The zero-order valence-corrected chi connectivity index (χ0v) is 12.1. The van der Waals surface area contributed by atoms with Crippen LogP contribution in [0.4, 0.5) is 5.69 Å². The molecule has 0 bridgehead atoms. The Morgan fingerprint density at radius 2 is 2.20 bits per heavy atom. The maximum atomic E-state index is 5.35. The molecule has 0 aliphatic heterocycles. The van der Waals surface area contributed by atoms with Gasteiger partial charge in [-0.3, -0.25) is 4.40 Å². The topological polar surface area (TPSA) is 47.8 Å². The number of thiazole rings is 1. The smallest absolute Gasteiger partial charge is 0.193 e. The predicted octanol–water partition coefficient (Wildman–Crippen LogP) is 3.03. The SMILES string of the molecule is COc1ccc(NCc2cn3ccsc3n2)c(OC)c1. The van der Waals surface area contributed by atoms with Crippen molar-refractivity contribution in [1.29, 1.82) is 0 Å². The van der Waals surface area contributed by atoms with Gasteiger partial charge in [-0.2, -0.15) is 0 Å². The van der Waals surface area contributed by atoms with Crippen LogP contribution in [0.3, 0.4) is 0 Å². The molecule has 0 saturated carbocycles. The summed E-state index contributed by atoms with van der Waals surface area (Å²) in [7, 11) is 3.28. The third kappa shape index (κ3) is 2.42. The van der Waals surface area contributed by atoms with Crippen molar-refractivity contribution < 1.29 is 9.47 Å². The molecule has 1 aromatic carbocycles. The van der Waals surface area contributed by atoms with E-state index in [1.54, 1.807) is 25.6 Å². The number of fused-ring (bicyclic) bond motifs is 1. The summed E-state index contributed by atoms with van der Waals surface area (Å²) in [6.45, 7) is 0.650.